The molecular weight excluding hydrogens is 812 g/mol. The summed E-state index contributed by atoms with van der Waals surface area (Å²) in [4.78, 5) is 85.3. The molecule has 0 bridgehead atoms. The van der Waals surface area contributed by atoms with Crippen LogP contribution in [0.25, 0.3) is 11.2 Å². The smallest absolute Gasteiger partial charge is 0.455 e. The maximum atomic E-state index is 13.6. The van der Waals surface area contributed by atoms with Gasteiger partial charge in [-0.1, -0.05) is 0 Å². The quantitative estimate of drug-likeness (QED) is 0.0999. The van der Waals surface area contributed by atoms with Crippen LogP contribution in [0.1, 0.15) is 39.6 Å². The van der Waals surface area contributed by atoms with Gasteiger partial charge in [0.2, 0.25) is 0 Å². The molecule has 3 saturated heterocycles. The van der Waals surface area contributed by atoms with Gasteiger partial charge >= 0.3 is 33.4 Å². The number of rotatable bonds is 12. The standard InChI is InChI=1S/C28H39N9O16P2S/c1-28(2,3)52-27(41)37-12-56-9-13(37)25(39)51-21-16(50-24(20(21)38)36-11-33-19-22(30)31-10-32-23(19)36)8-48-55(45,46)53-14-6-18(35-5-4-17(29)34-26(35)40)49-15(14)7-47-54(42,43)44/h4-5,10-11,13-16,18,20-21,24,38H,6-9,12H2,1-3H3,(H,45,46)(H2,29,34,40)(H2,30,31,32)(H2,42,43,44)/t13?,14-,15+,16+,18+,20+,21+,24+/m0/s1. The van der Waals surface area contributed by atoms with Crippen LogP contribution >= 0.6 is 27.4 Å². The molecule has 0 radical (unpaired) electrons. The zero-order chi connectivity index (χ0) is 40.7. The summed E-state index contributed by atoms with van der Waals surface area (Å²) in [5.41, 5.74) is 10.0. The minimum atomic E-state index is -5.19. The Kier molecular flexibility index (Phi) is 12.1. The number of carbonyl (C=O) groups excluding carboxylic acids is 2. The van der Waals surface area contributed by atoms with Crippen LogP contribution in [0.3, 0.4) is 0 Å². The van der Waals surface area contributed by atoms with E-state index >= 15 is 0 Å². The van der Waals surface area contributed by atoms with Gasteiger partial charge in [0.05, 0.1) is 25.4 Å². The number of hydrogen-bond donors (Lipinski definition) is 6. The van der Waals surface area contributed by atoms with E-state index in [2.05, 4.69) is 24.5 Å². The molecule has 0 aliphatic carbocycles. The lowest BCUT2D eigenvalue weighted by Gasteiger charge is -2.28. The van der Waals surface area contributed by atoms with E-state index in [4.69, 9.17) is 39.5 Å². The molecule has 0 spiro atoms. The Morgan fingerprint density at radius 3 is 2.48 bits per heavy atom. The number of phosphoric acid groups is 2. The van der Waals surface area contributed by atoms with Gasteiger partial charge < -0.3 is 50.2 Å². The third-order valence-electron chi connectivity index (χ3n) is 8.43. The predicted octanol–water partition coefficient (Wildman–Crippen LogP) is -0.373. The predicted molar refractivity (Wildman–Crippen MR) is 189 cm³/mol. The second-order valence-corrected chi connectivity index (χ2v) is 17.3. The van der Waals surface area contributed by atoms with Gasteiger partial charge in [-0.3, -0.25) is 27.6 Å². The number of aromatic nitrogens is 6. The van der Waals surface area contributed by atoms with E-state index < -0.39 is 101 Å². The van der Waals surface area contributed by atoms with Gasteiger partial charge in [0.1, 0.15) is 59.9 Å². The molecule has 9 atom stereocenters. The summed E-state index contributed by atoms with van der Waals surface area (Å²) in [7, 11) is -10.2. The molecule has 1 amide bonds. The number of nitrogen functional groups attached to an aromatic ring is 2. The van der Waals surface area contributed by atoms with Crippen LogP contribution in [-0.2, 0) is 46.4 Å². The highest BCUT2D eigenvalue weighted by Gasteiger charge is 2.51. The van der Waals surface area contributed by atoms with Crippen molar-refractivity contribution in [1.29, 1.82) is 0 Å². The molecule has 3 aliphatic heterocycles. The first kappa shape index (κ1) is 41.8. The number of esters is 1. The highest BCUT2D eigenvalue weighted by Crippen LogP contribution is 2.50. The Bertz CT molecular complexity index is 2100. The minimum Gasteiger partial charge on any atom is -0.455 e. The molecule has 0 aromatic carbocycles. The van der Waals surface area contributed by atoms with Crippen molar-refractivity contribution in [3.8, 4) is 0 Å². The number of imidazole rings is 1. The maximum Gasteiger partial charge on any atom is 0.472 e. The number of nitrogens with two attached hydrogens (primary N) is 2. The van der Waals surface area contributed by atoms with Crippen LogP contribution in [0.4, 0.5) is 16.4 Å². The summed E-state index contributed by atoms with van der Waals surface area (Å²) in [6.45, 7) is 3.28. The van der Waals surface area contributed by atoms with Gasteiger partial charge in [0.15, 0.2) is 23.8 Å². The fraction of sp³-hybridized carbons (Fsp3) is 0.607. The maximum absolute atomic E-state index is 13.6. The Morgan fingerprint density at radius 2 is 1.79 bits per heavy atom. The molecular formula is C28H39N9O16P2S. The van der Waals surface area contributed by atoms with Crippen LogP contribution < -0.4 is 17.2 Å². The highest BCUT2D eigenvalue weighted by atomic mass is 32.2. The number of aliphatic hydroxyl groups is 1. The second kappa shape index (κ2) is 16.2. The van der Waals surface area contributed by atoms with Crippen molar-refractivity contribution < 1.29 is 71.0 Å². The summed E-state index contributed by atoms with van der Waals surface area (Å²) in [5.74, 6) is -0.790. The number of aliphatic hydroxyl groups excluding tert-OH is 1. The third-order valence-corrected chi connectivity index (χ3v) is 10.9. The number of amides is 1. The lowest BCUT2D eigenvalue weighted by atomic mass is 10.1. The molecule has 3 fully saturated rings. The van der Waals surface area contributed by atoms with Crippen molar-refractivity contribution in [2.75, 3.05) is 36.3 Å². The van der Waals surface area contributed by atoms with E-state index in [1.807, 2.05) is 0 Å². The van der Waals surface area contributed by atoms with Crippen molar-refractivity contribution in [1.82, 2.24) is 34.0 Å². The number of ether oxygens (including phenoxy) is 4. The zero-order valence-electron chi connectivity index (χ0n) is 29.7. The molecule has 6 heterocycles. The number of phosphoric ester groups is 2. The molecule has 56 heavy (non-hydrogen) atoms. The summed E-state index contributed by atoms with van der Waals surface area (Å²) in [5, 5.41) is 11.5. The Hall–Kier alpha value is -3.78. The molecule has 8 N–H and O–H groups in total. The van der Waals surface area contributed by atoms with Gasteiger partial charge in [0, 0.05) is 18.4 Å². The van der Waals surface area contributed by atoms with Gasteiger partial charge in [-0.25, -0.2) is 38.5 Å². The molecule has 3 aromatic rings. The van der Waals surface area contributed by atoms with Crippen molar-refractivity contribution >= 4 is 62.3 Å². The first-order valence-corrected chi connectivity index (χ1v) is 20.8. The van der Waals surface area contributed by atoms with E-state index in [1.165, 1.54) is 39.8 Å². The van der Waals surface area contributed by atoms with E-state index in [9.17, 15) is 43.3 Å². The van der Waals surface area contributed by atoms with Gasteiger partial charge in [-0.2, -0.15) is 4.98 Å². The average Bonchev–Trinajstić information content (AvgIpc) is 3.88. The number of hydrogen-bond acceptors (Lipinski definition) is 20. The lowest BCUT2D eigenvalue weighted by molar-refractivity contribution is -0.161. The van der Waals surface area contributed by atoms with E-state index in [1.54, 1.807) is 20.8 Å². The fourth-order valence-electron chi connectivity index (χ4n) is 5.95. The fourth-order valence-corrected chi connectivity index (χ4v) is 8.38. The van der Waals surface area contributed by atoms with Crippen LogP contribution in [0.15, 0.2) is 29.7 Å². The van der Waals surface area contributed by atoms with Crippen molar-refractivity contribution in [3.05, 3.63) is 35.4 Å². The second-order valence-electron chi connectivity index (χ2n) is 13.6. The third kappa shape index (κ3) is 9.66. The lowest BCUT2D eigenvalue weighted by Crippen LogP contribution is -2.48. The van der Waals surface area contributed by atoms with E-state index in [0.717, 1.165) is 10.9 Å². The van der Waals surface area contributed by atoms with Crippen molar-refractivity contribution in [2.24, 2.45) is 0 Å². The van der Waals surface area contributed by atoms with Gasteiger partial charge in [0.25, 0.3) is 0 Å². The van der Waals surface area contributed by atoms with Crippen molar-refractivity contribution in [3.63, 3.8) is 0 Å². The normalized spacial score (nSPS) is 28.1. The monoisotopic (exact) mass is 851 g/mol. The van der Waals surface area contributed by atoms with Crippen molar-refractivity contribution in [2.45, 2.75) is 81.8 Å². The first-order valence-electron chi connectivity index (χ1n) is 16.6. The molecule has 28 heteroatoms. The molecule has 6 rings (SSSR count). The Labute approximate surface area is 320 Å². The molecule has 2 unspecified atom stereocenters. The molecule has 0 saturated carbocycles. The Morgan fingerprint density at radius 1 is 1.05 bits per heavy atom. The molecule has 25 nitrogen and oxygen atoms in total. The van der Waals surface area contributed by atoms with E-state index in [-0.39, 0.29) is 40.9 Å². The average molecular weight is 852 g/mol. The highest BCUT2D eigenvalue weighted by molar-refractivity contribution is 7.99. The number of anilines is 2. The first-order chi connectivity index (χ1) is 26.2. The topological polar surface area (TPSA) is 348 Å². The SMILES string of the molecule is CC(C)(C)OC(=O)N1CSCC1C(=O)O[C@H]1[C@@H](O)[C@H](n2cnc3c(N)ncnc32)O[C@@H]1COP(=O)(O)O[C@H]1C[C@H](n2ccc(N)nc2=O)O[C@@H]1COP(=O)(O)O. The summed E-state index contributed by atoms with van der Waals surface area (Å²) >= 11 is 1.26. The van der Waals surface area contributed by atoms with Crippen LogP contribution in [-0.4, -0.2) is 133 Å². The number of thioether (sulfide) groups is 1. The van der Waals surface area contributed by atoms with Gasteiger partial charge in [-0.05, 0) is 26.8 Å². The number of carbonyl (C=O) groups is 2. The van der Waals surface area contributed by atoms with Crippen LogP contribution in [0.5, 0.6) is 0 Å². The molecule has 308 valence electrons. The Balaban J connectivity index is 1.21. The molecule has 3 aliphatic rings. The number of fused-ring (bicyclic) bond motifs is 1. The summed E-state index contributed by atoms with van der Waals surface area (Å²) in [6, 6.07) is 0.143. The van der Waals surface area contributed by atoms with E-state index in [0.29, 0.717) is 0 Å². The van der Waals surface area contributed by atoms with Crippen LogP contribution in [0, 0.1) is 0 Å². The summed E-state index contributed by atoms with van der Waals surface area (Å²) in [6.07, 6.45) is -7.74. The number of nitrogens with zero attached hydrogens (tertiary/aromatic N) is 7. The zero-order valence-corrected chi connectivity index (χ0v) is 32.3. The summed E-state index contributed by atoms with van der Waals surface area (Å²) < 4.78 is 65.2. The van der Waals surface area contributed by atoms with Crippen LogP contribution in [0.2, 0.25) is 0 Å². The van der Waals surface area contributed by atoms with Gasteiger partial charge in [-0.15, -0.1) is 11.8 Å². The minimum absolute atomic E-state index is 0.0172. The molecule has 3 aromatic heterocycles. The largest absolute Gasteiger partial charge is 0.472 e.